The van der Waals surface area contributed by atoms with Crippen LogP contribution in [-0.4, -0.2) is 7.05 Å². The molecule has 1 aromatic carbocycles. The van der Waals surface area contributed by atoms with Crippen molar-refractivity contribution in [1.29, 1.82) is 0 Å². The SMILES string of the molecule is CNC(c1ccc(Cl)s1)c1cccc(C)c1C. The normalized spacial score (nSPS) is 12.7. The van der Waals surface area contributed by atoms with Crippen LogP contribution < -0.4 is 5.32 Å². The van der Waals surface area contributed by atoms with Crippen LogP contribution in [0.5, 0.6) is 0 Å². The molecule has 0 radical (unpaired) electrons. The Morgan fingerprint density at radius 1 is 1.18 bits per heavy atom. The van der Waals surface area contributed by atoms with Crippen molar-refractivity contribution in [3.63, 3.8) is 0 Å². The average molecular weight is 266 g/mol. The highest BCUT2D eigenvalue weighted by Gasteiger charge is 2.16. The molecule has 1 N–H and O–H groups in total. The summed E-state index contributed by atoms with van der Waals surface area (Å²) >= 11 is 7.64. The van der Waals surface area contributed by atoms with Crippen molar-refractivity contribution in [2.24, 2.45) is 0 Å². The van der Waals surface area contributed by atoms with Crippen LogP contribution in [0, 0.1) is 13.8 Å². The summed E-state index contributed by atoms with van der Waals surface area (Å²) in [6.07, 6.45) is 0. The van der Waals surface area contributed by atoms with Crippen molar-refractivity contribution in [3.8, 4) is 0 Å². The molecule has 0 aliphatic heterocycles. The van der Waals surface area contributed by atoms with Crippen molar-refractivity contribution in [3.05, 3.63) is 56.2 Å². The lowest BCUT2D eigenvalue weighted by molar-refractivity contribution is 0.698. The van der Waals surface area contributed by atoms with E-state index >= 15 is 0 Å². The van der Waals surface area contributed by atoms with E-state index in [1.807, 2.05) is 13.1 Å². The first-order valence-electron chi connectivity index (χ1n) is 5.62. The zero-order chi connectivity index (χ0) is 12.4. The molecule has 90 valence electrons. The molecule has 0 spiro atoms. The van der Waals surface area contributed by atoms with E-state index in [-0.39, 0.29) is 6.04 Å². The first-order chi connectivity index (χ1) is 8.13. The molecular formula is C14H16ClNS. The second kappa shape index (κ2) is 5.21. The van der Waals surface area contributed by atoms with Crippen LogP contribution in [0.3, 0.4) is 0 Å². The van der Waals surface area contributed by atoms with E-state index in [1.165, 1.54) is 21.6 Å². The van der Waals surface area contributed by atoms with Crippen molar-refractivity contribution >= 4 is 22.9 Å². The summed E-state index contributed by atoms with van der Waals surface area (Å²) in [6, 6.07) is 10.7. The van der Waals surface area contributed by atoms with Crippen molar-refractivity contribution in [2.75, 3.05) is 7.05 Å². The van der Waals surface area contributed by atoms with Gasteiger partial charge in [-0.3, -0.25) is 0 Å². The highest BCUT2D eigenvalue weighted by molar-refractivity contribution is 7.16. The molecule has 1 unspecified atom stereocenters. The summed E-state index contributed by atoms with van der Waals surface area (Å²) in [4.78, 5) is 1.26. The predicted octanol–water partition coefficient (Wildman–Crippen LogP) is 4.33. The zero-order valence-electron chi connectivity index (χ0n) is 10.3. The Morgan fingerprint density at radius 2 is 1.94 bits per heavy atom. The number of aryl methyl sites for hydroxylation is 1. The van der Waals surface area contributed by atoms with Crippen LogP contribution in [0.4, 0.5) is 0 Å². The standard InChI is InChI=1S/C14H16ClNS/c1-9-5-4-6-11(10(9)2)14(16-3)12-7-8-13(15)17-12/h4-8,14,16H,1-3H3. The molecule has 1 aromatic heterocycles. The summed E-state index contributed by atoms with van der Waals surface area (Å²) < 4.78 is 0.838. The van der Waals surface area contributed by atoms with E-state index in [0.717, 1.165) is 4.34 Å². The van der Waals surface area contributed by atoms with Gasteiger partial charge in [0.1, 0.15) is 0 Å². The number of benzene rings is 1. The molecule has 17 heavy (non-hydrogen) atoms. The van der Waals surface area contributed by atoms with Crippen LogP contribution >= 0.6 is 22.9 Å². The topological polar surface area (TPSA) is 12.0 Å². The lowest BCUT2D eigenvalue weighted by atomic mass is 9.97. The molecule has 3 heteroatoms. The van der Waals surface area contributed by atoms with Gasteiger partial charge in [-0.15, -0.1) is 11.3 Å². The van der Waals surface area contributed by atoms with Gasteiger partial charge in [-0.25, -0.2) is 0 Å². The highest BCUT2D eigenvalue weighted by Crippen LogP contribution is 2.32. The Bertz CT molecular complexity index is 519. The van der Waals surface area contributed by atoms with E-state index in [0.29, 0.717) is 0 Å². The first kappa shape index (κ1) is 12.6. The number of hydrogen-bond donors (Lipinski definition) is 1. The van der Waals surface area contributed by atoms with Gasteiger partial charge < -0.3 is 5.32 Å². The average Bonchev–Trinajstić information content (AvgIpc) is 2.72. The van der Waals surface area contributed by atoms with Gasteiger partial charge in [0, 0.05) is 4.88 Å². The summed E-state index contributed by atoms with van der Waals surface area (Å²) in [5, 5.41) is 3.37. The van der Waals surface area contributed by atoms with Crippen molar-refractivity contribution in [1.82, 2.24) is 5.32 Å². The molecule has 0 aliphatic rings. The molecular weight excluding hydrogens is 250 g/mol. The molecule has 0 saturated carbocycles. The number of rotatable bonds is 3. The van der Waals surface area contributed by atoms with Gasteiger partial charge in [0.15, 0.2) is 0 Å². The molecule has 2 rings (SSSR count). The summed E-state index contributed by atoms with van der Waals surface area (Å²) in [6.45, 7) is 4.32. The Kier molecular flexibility index (Phi) is 3.87. The number of halogens is 1. The molecule has 0 bridgehead atoms. The molecule has 1 heterocycles. The third-order valence-electron chi connectivity index (χ3n) is 3.12. The Labute approximate surface area is 111 Å². The van der Waals surface area contributed by atoms with E-state index in [9.17, 15) is 0 Å². The minimum absolute atomic E-state index is 0.229. The van der Waals surface area contributed by atoms with Gasteiger partial charge in [-0.1, -0.05) is 29.8 Å². The summed E-state index contributed by atoms with van der Waals surface area (Å²) in [5.74, 6) is 0. The summed E-state index contributed by atoms with van der Waals surface area (Å²) in [5.41, 5.74) is 3.99. The smallest absolute Gasteiger partial charge is 0.0931 e. The predicted molar refractivity (Wildman–Crippen MR) is 76.1 cm³/mol. The highest BCUT2D eigenvalue weighted by atomic mass is 35.5. The number of nitrogens with one attached hydrogen (secondary N) is 1. The number of thiophene rings is 1. The summed E-state index contributed by atoms with van der Waals surface area (Å²) in [7, 11) is 1.99. The Morgan fingerprint density at radius 3 is 2.53 bits per heavy atom. The van der Waals surface area contributed by atoms with Crippen LogP contribution in [0.1, 0.15) is 27.6 Å². The van der Waals surface area contributed by atoms with Crippen LogP contribution in [-0.2, 0) is 0 Å². The third-order valence-corrected chi connectivity index (χ3v) is 4.42. The fourth-order valence-electron chi connectivity index (χ4n) is 2.02. The fourth-order valence-corrected chi connectivity index (χ4v) is 3.21. The second-order valence-electron chi connectivity index (χ2n) is 4.15. The van der Waals surface area contributed by atoms with E-state index in [4.69, 9.17) is 11.6 Å². The zero-order valence-corrected chi connectivity index (χ0v) is 11.8. The van der Waals surface area contributed by atoms with Crippen molar-refractivity contribution in [2.45, 2.75) is 19.9 Å². The van der Waals surface area contributed by atoms with Gasteiger partial charge in [-0.2, -0.15) is 0 Å². The lowest BCUT2D eigenvalue weighted by Crippen LogP contribution is -2.17. The molecule has 0 saturated heterocycles. The molecule has 1 nitrogen and oxygen atoms in total. The van der Waals surface area contributed by atoms with Crippen LogP contribution in [0.25, 0.3) is 0 Å². The molecule has 2 aromatic rings. The van der Waals surface area contributed by atoms with E-state index in [1.54, 1.807) is 11.3 Å². The second-order valence-corrected chi connectivity index (χ2v) is 5.90. The Hall–Kier alpha value is -0.830. The van der Waals surface area contributed by atoms with Crippen LogP contribution in [0.15, 0.2) is 30.3 Å². The molecule has 0 aliphatic carbocycles. The fraction of sp³-hybridized carbons (Fsp3) is 0.286. The quantitative estimate of drug-likeness (QED) is 0.871. The van der Waals surface area contributed by atoms with Gasteiger partial charge in [0.05, 0.1) is 10.4 Å². The van der Waals surface area contributed by atoms with Crippen molar-refractivity contribution < 1.29 is 0 Å². The third kappa shape index (κ3) is 2.54. The monoisotopic (exact) mass is 265 g/mol. The van der Waals surface area contributed by atoms with E-state index in [2.05, 4.69) is 43.4 Å². The molecule has 0 fully saturated rings. The van der Waals surface area contributed by atoms with Gasteiger partial charge >= 0.3 is 0 Å². The molecule has 1 atom stereocenters. The maximum Gasteiger partial charge on any atom is 0.0931 e. The maximum absolute atomic E-state index is 6.01. The van der Waals surface area contributed by atoms with Gasteiger partial charge in [-0.05, 0) is 49.7 Å². The number of hydrogen-bond acceptors (Lipinski definition) is 2. The minimum atomic E-state index is 0.229. The van der Waals surface area contributed by atoms with Gasteiger partial charge in [0.2, 0.25) is 0 Å². The Balaban J connectivity index is 2.45. The maximum atomic E-state index is 6.01. The minimum Gasteiger partial charge on any atom is -0.309 e. The first-order valence-corrected chi connectivity index (χ1v) is 6.81. The lowest BCUT2D eigenvalue weighted by Gasteiger charge is -2.18. The largest absolute Gasteiger partial charge is 0.309 e. The van der Waals surface area contributed by atoms with E-state index < -0.39 is 0 Å². The van der Waals surface area contributed by atoms with Crippen LogP contribution in [0.2, 0.25) is 4.34 Å². The van der Waals surface area contributed by atoms with Gasteiger partial charge in [0.25, 0.3) is 0 Å². The molecule has 0 amide bonds.